The molecule has 0 N–H and O–H groups in total. The summed E-state index contributed by atoms with van der Waals surface area (Å²) < 4.78 is 28.1. The highest BCUT2D eigenvalue weighted by Crippen LogP contribution is 2.20. The van der Waals surface area contributed by atoms with Gasteiger partial charge in [-0.2, -0.15) is 4.31 Å². The molecule has 0 spiro atoms. The van der Waals surface area contributed by atoms with E-state index in [0.29, 0.717) is 20.9 Å². The maximum Gasteiger partial charge on any atom is 0.261 e. The zero-order chi connectivity index (χ0) is 22.2. The Morgan fingerprint density at radius 3 is 2.29 bits per heavy atom. The number of piperazine rings is 1. The van der Waals surface area contributed by atoms with Crippen LogP contribution in [0.4, 0.5) is 0 Å². The molecule has 4 rings (SSSR count). The average Bonchev–Trinajstić information content (AvgIpc) is 2.76. The molecule has 0 atom stereocenters. The van der Waals surface area contributed by atoms with Crippen LogP contribution in [0.1, 0.15) is 0 Å². The van der Waals surface area contributed by atoms with Gasteiger partial charge in [-0.15, -0.1) is 0 Å². The molecule has 1 aliphatic rings. The lowest BCUT2D eigenvalue weighted by Gasteiger charge is -2.34. The summed E-state index contributed by atoms with van der Waals surface area (Å²) >= 11 is 11.8. The molecule has 1 fully saturated rings. The molecule has 0 radical (unpaired) electrons. The summed E-state index contributed by atoms with van der Waals surface area (Å²) in [6.07, 6.45) is 1.32. The van der Waals surface area contributed by atoms with Crippen LogP contribution in [-0.2, 0) is 21.4 Å². The third kappa shape index (κ3) is 4.45. The number of hydrogen-bond acceptors (Lipinski definition) is 5. The number of aromatic nitrogens is 2. The topological polar surface area (TPSA) is 92.6 Å². The summed E-state index contributed by atoms with van der Waals surface area (Å²) in [5, 5.41) is 1.30. The van der Waals surface area contributed by atoms with Gasteiger partial charge < -0.3 is 4.90 Å². The van der Waals surface area contributed by atoms with E-state index >= 15 is 0 Å². The van der Waals surface area contributed by atoms with E-state index in [2.05, 4.69) is 4.98 Å². The van der Waals surface area contributed by atoms with Crippen molar-refractivity contribution < 1.29 is 13.2 Å². The average molecular weight is 481 g/mol. The quantitative estimate of drug-likeness (QED) is 0.570. The fraction of sp³-hybridized carbons (Fsp3) is 0.250. The van der Waals surface area contributed by atoms with Gasteiger partial charge in [-0.1, -0.05) is 23.2 Å². The van der Waals surface area contributed by atoms with Crippen LogP contribution in [0.2, 0.25) is 10.0 Å². The third-order valence-corrected chi connectivity index (χ3v) is 7.54. The fourth-order valence-electron chi connectivity index (χ4n) is 3.42. The maximum atomic E-state index is 12.8. The van der Waals surface area contributed by atoms with E-state index in [1.54, 1.807) is 23.1 Å². The second kappa shape index (κ2) is 8.58. The molecule has 31 heavy (non-hydrogen) atoms. The molecule has 1 saturated heterocycles. The van der Waals surface area contributed by atoms with E-state index in [1.807, 2.05) is 0 Å². The second-order valence-electron chi connectivity index (χ2n) is 7.08. The van der Waals surface area contributed by atoms with Crippen LogP contribution in [0, 0.1) is 0 Å². The van der Waals surface area contributed by atoms with Gasteiger partial charge in [0.1, 0.15) is 6.54 Å². The number of sulfonamides is 1. The first kappa shape index (κ1) is 21.8. The van der Waals surface area contributed by atoms with Crippen molar-refractivity contribution in [1.29, 1.82) is 0 Å². The largest absolute Gasteiger partial charge is 0.338 e. The molecule has 1 amide bonds. The number of hydrogen-bond donors (Lipinski definition) is 0. The van der Waals surface area contributed by atoms with Crippen LogP contribution in [0.25, 0.3) is 10.9 Å². The first-order chi connectivity index (χ1) is 14.8. The summed E-state index contributed by atoms with van der Waals surface area (Å²) in [7, 11) is -3.66. The molecule has 0 unspecified atom stereocenters. The van der Waals surface area contributed by atoms with Gasteiger partial charge >= 0.3 is 0 Å². The monoisotopic (exact) mass is 480 g/mol. The van der Waals surface area contributed by atoms with Crippen molar-refractivity contribution in [3.05, 3.63) is 69.2 Å². The summed E-state index contributed by atoms with van der Waals surface area (Å²) in [6, 6.07) is 10.7. The Kier molecular flexibility index (Phi) is 6.02. The predicted molar refractivity (Wildman–Crippen MR) is 118 cm³/mol. The van der Waals surface area contributed by atoms with E-state index in [4.69, 9.17) is 23.2 Å². The number of rotatable bonds is 4. The second-order valence-corrected chi connectivity index (χ2v) is 9.89. The molecule has 8 nitrogen and oxygen atoms in total. The van der Waals surface area contributed by atoms with Crippen molar-refractivity contribution in [3.8, 4) is 0 Å². The van der Waals surface area contributed by atoms with Crippen molar-refractivity contribution in [2.75, 3.05) is 26.2 Å². The molecule has 162 valence electrons. The molecule has 0 bridgehead atoms. The number of halogens is 2. The Hall–Kier alpha value is -2.46. The Morgan fingerprint density at radius 2 is 1.61 bits per heavy atom. The van der Waals surface area contributed by atoms with Crippen molar-refractivity contribution >= 4 is 50.0 Å². The van der Waals surface area contributed by atoms with Crippen molar-refractivity contribution in [2.24, 2.45) is 0 Å². The van der Waals surface area contributed by atoms with Crippen molar-refractivity contribution in [2.45, 2.75) is 11.4 Å². The first-order valence-corrected chi connectivity index (χ1v) is 11.6. The van der Waals surface area contributed by atoms with E-state index in [9.17, 15) is 18.0 Å². The van der Waals surface area contributed by atoms with Crippen LogP contribution >= 0.6 is 23.2 Å². The van der Waals surface area contributed by atoms with Crippen LogP contribution in [0.5, 0.6) is 0 Å². The summed E-state index contributed by atoms with van der Waals surface area (Å²) in [6.45, 7) is 0.627. The zero-order valence-corrected chi connectivity index (χ0v) is 18.6. The molecule has 2 heterocycles. The van der Waals surface area contributed by atoms with Gasteiger partial charge in [-0.05, 0) is 42.5 Å². The van der Waals surface area contributed by atoms with Gasteiger partial charge in [-0.3, -0.25) is 14.2 Å². The van der Waals surface area contributed by atoms with E-state index in [0.717, 1.165) is 0 Å². The molecule has 3 aromatic rings. The first-order valence-electron chi connectivity index (χ1n) is 9.44. The molecule has 1 aliphatic heterocycles. The number of fused-ring (bicyclic) bond motifs is 1. The van der Waals surface area contributed by atoms with E-state index in [-0.39, 0.29) is 49.1 Å². The van der Waals surface area contributed by atoms with Gasteiger partial charge in [-0.25, -0.2) is 13.4 Å². The van der Waals surface area contributed by atoms with Crippen LogP contribution < -0.4 is 5.56 Å². The Morgan fingerprint density at radius 1 is 0.968 bits per heavy atom. The van der Waals surface area contributed by atoms with Gasteiger partial charge in [0.25, 0.3) is 5.56 Å². The Labute approximate surface area is 188 Å². The third-order valence-electron chi connectivity index (χ3n) is 5.14. The SMILES string of the molecule is O=C(Cn1cnc2cc(Cl)ccc2c1=O)N1CCN(S(=O)(=O)c2ccc(Cl)cc2)CC1. The minimum absolute atomic E-state index is 0.158. The van der Waals surface area contributed by atoms with Gasteiger partial charge in [0.05, 0.1) is 22.1 Å². The number of benzene rings is 2. The van der Waals surface area contributed by atoms with E-state index in [1.165, 1.54) is 39.5 Å². The summed E-state index contributed by atoms with van der Waals surface area (Å²) in [4.78, 5) is 31.2. The number of nitrogens with zero attached hydrogens (tertiary/aromatic N) is 4. The smallest absolute Gasteiger partial charge is 0.261 e. The number of amides is 1. The number of carbonyl (C=O) groups is 1. The lowest BCUT2D eigenvalue weighted by Crippen LogP contribution is -2.51. The number of carbonyl (C=O) groups excluding carboxylic acids is 1. The molecule has 0 saturated carbocycles. The standard InChI is InChI=1S/C20H18Cl2N4O4S/c21-14-1-4-16(5-2-14)31(29,30)26-9-7-24(8-10-26)19(27)12-25-13-23-18-11-15(22)3-6-17(18)20(25)28/h1-6,11,13H,7-10,12H2. The van der Waals surface area contributed by atoms with Crippen molar-refractivity contribution in [3.63, 3.8) is 0 Å². The maximum absolute atomic E-state index is 12.8. The molecule has 11 heteroatoms. The molecule has 0 aliphatic carbocycles. The fourth-order valence-corrected chi connectivity index (χ4v) is 5.14. The van der Waals surface area contributed by atoms with Gasteiger partial charge in [0.15, 0.2) is 0 Å². The van der Waals surface area contributed by atoms with Crippen LogP contribution in [-0.4, -0.2) is 59.3 Å². The minimum Gasteiger partial charge on any atom is -0.338 e. The molecular weight excluding hydrogens is 463 g/mol. The molecule has 1 aromatic heterocycles. The predicted octanol–water partition coefficient (Wildman–Crippen LogP) is 2.24. The Bertz CT molecular complexity index is 1300. The molecular formula is C20H18Cl2N4O4S. The minimum atomic E-state index is -3.66. The van der Waals surface area contributed by atoms with Crippen molar-refractivity contribution in [1.82, 2.24) is 18.8 Å². The Balaban J connectivity index is 1.43. The summed E-state index contributed by atoms with van der Waals surface area (Å²) in [5.74, 6) is -0.277. The van der Waals surface area contributed by atoms with Gasteiger partial charge in [0, 0.05) is 36.2 Å². The zero-order valence-electron chi connectivity index (χ0n) is 16.2. The highest BCUT2D eigenvalue weighted by molar-refractivity contribution is 7.89. The highest BCUT2D eigenvalue weighted by Gasteiger charge is 2.30. The normalized spacial score (nSPS) is 15.4. The lowest BCUT2D eigenvalue weighted by molar-refractivity contribution is -0.133. The van der Waals surface area contributed by atoms with Crippen LogP contribution in [0.15, 0.2) is 58.5 Å². The van der Waals surface area contributed by atoms with Crippen LogP contribution in [0.3, 0.4) is 0 Å². The highest BCUT2D eigenvalue weighted by atomic mass is 35.5. The van der Waals surface area contributed by atoms with Gasteiger partial charge in [0.2, 0.25) is 15.9 Å². The molecule has 2 aromatic carbocycles. The lowest BCUT2D eigenvalue weighted by atomic mass is 10.2. The van der Waals surface area contributed by atoms with E-state index < -0.39 is 10.0 Å². The summed E-state index contributed by atoms with van der Waals surface area (Å²) in [5.41, 5.74) is 0.126.